The van der Waals surface area contributed by atoms with Crippen LogP contribution in [0, 0.1) is 31.1 Å². The van der Waals surface area contributed by atoms with Crippen molar-refractivity contribution in [3.8, 4) is 0 Å². The molecule has 0 aromatic heterocycles. The third-order valence-corrected chi connectivity index (χ3v) is 6.88. The van der Waals surface area contributed by atoms with Crippen molar-refractivity contribution < 1.29 is 14.7 Å². The van der Waals surface area contributed by atoms with Gasteiger partial charge in [0.05, 0.1) is 12.1 Å². The minimum Gasteiger partial charge on any atom is -0.390 e. The molecular formula is C22H30N2O3. The molecule has 4 aliphatic carbocycles. The number of rotatable bonds is 5. The van der Waals surface area contributed by atoms with Gasteiger partial charge in [-0.25, -0.2) is 0 Å². The van der Waals surface area contributed by atoms with E-state index in [4.69, 9.17) is 0 Å². The van der Waals surface area contributed by atoms with Crippen molar-refractivity contribution in [1.82, 2.24) is 5.32 Å². The number of carbonyl (C=O) groups excluding carboxylic acids is 2. The van der Waals surface area contributed by atoms with Crippen LogP contribution >= 0.6 is 0 Å². The van der Waals surface area contributed by atoms with Gasteiger partial charge in [0.25, 0.3) is 0 Å². The van der Waals surface area contributed by atoms with E-state index < -0.39 is 5.60 Å². The second-order valence-electron chi connectivity index (χ2n) is 9.45. The fraction of sp³-hybridized carbons (Fsp3) is 0.636. The van der Waals surface area contributed by atoms with Crippen LogP contribution in [0.4, 0.5) is 5.69 Å². The number of benzene rings is 1. The van der Waals surface area contributed by atoms with Crippen LogP contribution in [0.25, 0.3) is 0 Å². The Kier molecular flexibility index (Phi) is 4.53. The Bertz CT molecular complexity index is 739. The lowest BCUT2D eigenvalue weighted by Gasteiger charge is -2.60. The predicted molar refractivity (Wildman–Crippen MR) is 104 cm³/mol. The van der Waals surface area contributed by atoms with Gasteiger partial charge >= 0.3 is 0 Å². The maximum atomic E-state index is 12.6. The summed E-state index contributed by atoms with van der Waals surface area (Å²) in [4.78, 5) is 24.8. The molecule has 146 valence electrons. The number of hydrogen-bond acceptors (Lipinski definition) is 3. The van der Waals surface area contributed by atoms with Crippen LogP contribution in [0.5, 0.6) is 0 Å². The minimum atomic E-state index is -0.551. The first-order chi connectivity index (χ1) is 12.8. The molecule has 2 amide bonds. The molecule has 0 spiro atoms. The van der Waals surface area contributed by atoms with Gasteiger partial charge in [-0.15, -0.1) is 0 Å². The van der Waals surface area contributed by atoms with Crippen LogP contribution in [0.3, 0.4) is 0 Å². The molecule has 1 aromatic rings. The summed E-state index contributed by atoms with van der Waals surface area (Å²) < 4.78 is 0. The van der Waals surface area contributed by atoms with E-state index in [0.717, 1.165) is 48.9 Å². The number of nitrogens with one attached hydrogen (secondary N) is 2. The van der Waals surface area contributed by atoms with Crippen LogP contribution in [-0.4, -0.2) is 29.1 Å². The second-order valence-corrected chi connectivity index (χ2v) is 9.45. The number of anilines is 1. The summed E-state index contributed by atoms with van der Waals surface area (Å²) in [6.07, 6.45) is 6.30. The number of aliphatic hydroxyl groups is 1. The summed E-state index contributed by atoms with van der Waals surface area (Å²) in [6, 6.07) is 5.87. The van der Waals surface area contributed by atoms with Gasteiger partial charge in [-0.2, -0.15) is 0 Å². The summed E-state index contributed by atoms with van der Waals surface area (Å²) >= 11 is 0. The van der Waals surface area contributed by atoms with E-state index >= 15 is 0 Å². The number of carbonyl (C=O) groups is 2. The molecule has 27 heavy (non-hydrogen) atoms. The van der Waals surface area contributed by atoms with Gasteiger partial charge in [0, 0.05) is 12.1 Å². The van der Waals surface area contributed by atoms with Gasteiger partial charge in [-0.1, -0.05) is 18.2 Å². The Balaban J connectivity index is 1.32. The average Bonchev–Trinajstić information content (AvgIpc) is 2.54. The van der Waals surface area contributed by atoms with Crippen LogP contribution in [0.2, 0.25) is 0 Å². The lowest BCUT2D eigenvalue weighted by molar-refractivity contribution is -0.169. The first-order valence-electron chi connectivity index (χ1n) is 10.1. The Morgan fingerprint density at radius 1 is 1.07 bits per heavy atom. The molecule has 0 heterocycles. The van der Waals surface area contributed by atoms with Crippen molar-refractivity contribution in [2.24, 2.45) is 17.3 Å². The molecule has 5 rings (SSSR count). The lowest BCUT2D eigenvalue weighted by Crippen LogP contribution is -2.56. The number of para-hydroxylation sites is 1. The van der Waals surface area contributed by atoms with Crippen molar-refractivity contribution in [3.05, 3.63) is 29.3 Å². The number of aryl methyl sites for hydroxylation is 2. The highest BCUT2D eigenvalue weighted by atomic mass is 16.3. The smallest absolute Gasteiger partial charge is 0.243 e. The van der Waals surface area contributed by atoms with Gasteiger partial charge in [0.1, 0.15) is 0 Å². The zero-order valence-corrected chi connectivity index (χ0v) is 16.3. The highest BCUT2D eigenvalue weighted by Crippen LogP contribution is 2.62. The van der Waals surface area contributed by atoms with E-state index in [-0.39, 0.29) is 23.8 Å². The monoisotopic (exact) mass is 370 g/mol. The summed E-state index contributed by atoms with van der Waals surface area (Å²) in [5.74, 6) is 0.856. The standard InChI is InChI=1S/C22H30N2O3/c1-14-4-3-5-15(2)20(14)24-19(26)12-23-18(25)11-21-7-16-6-17(8-21)10-22(27,9-16)13-21/h3-5,16-17,27H,6-13H2,1-2H3,(H,23,25)(H,24,26)/t16-,17-,21?,22?/m1/s1. The molecule has 0 saturated heterocycles. The molecule has 2 atom stereocenters. The molecule has 1 aromatic carbocycles. The van der Waals surface area contributed by atoms with Gasteiger partial charge in [-0.05, 0) is 80.8 Å². The first-order valence-corrected chi connectivity index (χ1v) is 10.1. The van der Waals surface area contributed by atoms with Crippen LogP contribution in [0.1, 0.15) is 56.1 Å². The summed E-state index contributed by atoms with van der Waals surface area (Å²) in [7, 11) is 0. The zero-order valence-electron chi connectivity index (χ0n) is 16.3. The molecule has 4 saturated carbocycles. The van der Waals surface area contributed by atoms with E-state index in [2.05, 4.69) is 10.6 Å². The van der Waals surface area contributed by atoms with Gasteiger partial charge in [-0.3, -0.25) is 9.59 Å². The SMILES string of the molecule is Cc1cccc(C)c1NC(=O)CNC(=O)CC12C[C@H]3C[C@@H](CC(O)(C3)C1)C2. The topological polar surface area (TPSA) is 78.4 Å². The number of hydrogen-bond donors (Lipinski definition) is 3. The summed E-state index contributed by atoms with van der Waals surface area (Å²) in [5.41, 5.74) is 2.23. The highest BCUT2D eigenvalue weighted by Gasteiger charge is 2.57. The zero-order chi connectivity index (χ0) is 19.2. The second kappa shape index (κ2) is 6.62. The van der Waals surface area contributed by atoms with Gasteiger partial charge in [0.2, 0.25) is 11.8 Å². The lowest BCUT2D eigenvalue weighted by atomic mass is 9.47. The van der Waals surface area contributed by atoms with Crippen LogP contribution in [-0.2, 0) is 9.59 Å². The fourth-order valence-corrected chi connectivity index (χ4v) is 6.39. The average molecular weight is 370 g/mol. The van der Waals surface area contributed by atoms with Gasteiger partial charge < -0.3 is 15.7 Å². The van der Waals surface area contributed by atoms with E-state index in [1.165, 1.54) is 6.42 Å². The normalized spacial score (nSPS) is 33.7. The van der Waals surface area contributed by atoms with Crippen molar-refractivity contribution >= 4 is 17.5 Å². The third kappa shape index (κ3) is 3.75. The van der Waals surface area contributed by atoms with Gasteiger partial charge in [0.15, 0.2) is 0 Å². The maximum Gasteiger partial charge on any atom is 0.243 e. The maximum absolute atomic E-state index is 12.6. The van der Waals surface area contributed by atoms with Crippen molar-refractivity contribution in [1.29, 1.82) is 0 Å². The van der Waals surface area contributed by atoms with E-state index in [0.29, 0.717) is 18.3 Å². The van der Waals surface area contributed by atoms with Crippen molar-refractivity contribution in [3.63, 3.8) is 0 Å². The molecule has 5 nitrogen and oxygen atoms in total. The quantitative estimate of drug-likeness (QED) is 0.745. The predicted octanol–water partition coefficient (Wildman–Crippen LogP) is 3.08. The first kappa shape index (κ1) is 18.5. The molecule has 0 aliphatic heterocycles. The molecule has 5 heteroatoms. The molecule has 0 unspecified atom stereocenters. The molecule has 4 aliphatic rings. The Morgan fingerprint density at radius 2 is 1.70 bits per heavy atom. The van der Waals surface area contributed by atoms with Crippen LogP contribution < -0.4 is 10.6 Å². The largest absolute Gasteiger partial charge is 0.390 e. The Labute approximate surface area is 160 Å². The van der Waals surface area contributed by atoms with Crippen LogP contribution in [0.15, 0.2) is 18.2 Å². The molecule has 4 fully saturated rings. The fourth-order valence-electron chi connectivity index (χ4n) is 6.39. The molecule has 0 radical (unpaired) electrons. The molecular weight excluding hydrogens is 340 g/mol. The summed E-state index contributed by atoms with van der Waals surface area (Å²) in [5, 5.41) is 16.5. The highest BCUT2D eigenvalue weighted by molar-refractivity contribution is 5.95. The molecule has 3 N–H and O–H groups in total. The minimum absolute atomic E-state index is 0.0141. The van der Waals surface area contributed by atoms with Crippen molar-refractivity contribution in [2.45, 2.75) is 64.4 Å². The summed E-state index contributed by atoms with van der Waals surface area (Å²) in [6.45, 7) is 3.90. The third-order valence-electron chi connectivity index (χ3n) is 6.88. The van der Waals surface area contributed by atoms with E-state index in [1.807, 2.05) is 32.0 Å². The van der Waals surface area contributed by atoms with E-state index in [1.54, 1.807) is 0 Å². The van der Waals surface area contributed by atoms with E-state index in [9.17, 15) is 14.7 Å². The Hall–Kier alpha value is -1.88. The molecule has 4 bridgehead atoms. The Morgan fingerprint density at radius 3 is 2.30 bits per heavy atom. The number of amides is 2. The van der Waals surface area contributed by atoms with Crippen molar-refractivity contribution in [2.75, 3.05) is 11.9 Å².